The van der Waals surface area contributed by atoms with Crippen LogP contribution < -0.4 is 10.6 Å². The predicted molar refractivity (Wildman–Crippen MR) is 57.1 cm³/mol. The van der Waals surface area contributed by atoms with Crippen LogP contribution in [0, 0.1) is 0 Å². The molecular formula is C10H20N2O2. The quantitative estimate of drug-likeness (QED) is 0.678. The molecule has 0 atom stereocenters. The number of allylic oxidation sites excluding steroid dienone is 1. The highest BCUT2D eigenvalue weighted by molar-refractivity contribution is 5.67. The van der Waals surface area contributed by atoms with E-state index in [1.54, 1.807) is 0 Å². The Balaban J connectivity index is 3.45. The first-order valence-corrected chi connectivity index (χ1v) is 4.77. The van der Waals surface area contributed by atoms with E-state index in [4.69, 9.17) is 4.74 Å². The van der Waals surface area contributed by atoms with Crippen LogP contribution in [0.1, 0.15) is 27.7 Å². The maximum absolute atomic E-state index is 11.1. The summed E-state index contributed by atoms with van der Waals surface area (Å²) in [6.45, 7) is 8.69. The largest absolute Gasteiger partial charge is 0.444 e. The first-order valence-electron chi connectivity index (χ1n) is 4.77. The second-order valence-electron chi connectivity index (χ2n) is 3.88. The van der Waals surface area contributed by atoms with Crippen molar-refractivity contribution in [3.8, 4) is 0 Å². The Morgan fingerprint density at radius 2 is 2.00 bits per heavy atom. The van der Waals surface area contributed by atoms with E-state index < -0.39 is 5.60 Å². The Morgan fingerprint density at radius 3 is 2.50 bits per heavy atom. The van der Waals surface area contributed by atoms with E-state index in [-0.39, 0.29) is 6.09 Å². The standard InChI is InChI=1S/C10H20N2O2/c1-5-6-11-7-8-12-9(13)14-10(2,3)4/h5-6,11H,7-8H2,1-4H3,(H,12,13)/b6-5-. The average molecular weight is 200 g/mol. The highest BCUT2D eigenvalue weighted by Gasteiger charge is 2.15. The molecule has 14 heavy (non-hydrogen) atoms. The van der Waals surface area contributed by atoms with Crippen LogP contribution in [-0.2, 0) is 4.74 Å². The third-order valence-corrected chi connectivity index (χ3v) is 1.22. The van der Waals surface area contributed by atoms with Gasteiger partial charge in [-0.3, -0.25) is 0 Å². The van der Waals surface area contributed by atoms with Gasteiger partial charge in [0.2, 0.25) is 0 Å². The zero-order valence-corrected chi connectivity index (χ0v) is 9.39. The fraction of sp³-hybridized carbons (Fsp3) is 0.700. The van der Waals surface area contributed by atoms with Gasteiger partial charge in [0, 0.05) is 13.1 Å². The lowest BCUT2D eigenvalue weighted by atomic mass is 10.2. The number of carbonyl (C=O) groups is 1. The summed E-state index contributed by atoms with van der Waals surface area (Å²) in [5.41, 5.74) is -0.430. The van der Waals surface area contributed by atoms with Crippen LogP contribution in [0.3, 0.4) is 0 Å². The van der Waals surface area contributed by atoms with Crippen molar-refractivity contribution in [2.24, 2.45) is 0 Å². The SMILES string of the molecule is C/C=C\NCCNC(=O)OC(C)(C)C. The molecular weight excluding hydrogens is 180 g/mol. The second kappa shape index (κ2) is 6.29. The normalized spacial score (nSPS) is 11.4. The summed E-state index contributed by atoms with van der Waals surface area (Å²) < 4.78 is 5.05. The zero-order chi connectivity index (χ0) is 11.0. The van der Waals surface area contributed by atoms with Crippen LogP contribution >= 0.6 is 0 Å². The summed E-state index contributed by atoms with van der Waals surface area (Å²) in [6.07, 6.45) is 3.35. The molecule has 0 fully saturated rings. The molecule has 1 amide bonds. The molecule has 0 aliphatic carbocycles. The summed E-state index contributed by atoms with van der Waals surface area (Å²) in [5.74, 6) is 0. The molecule has 0 aliphatic rings. The van der Waals surface area contributed by atoms with Crippen molar-refractivity contribution in [2.45, 2.75) is 33.3 Å². The summed E-state index contributed by atoms with van der Waals surface area (Å²) in [4.78, 5) is 11.1. The summed E-state index contributed by atoms with van der Waals surface area (Å²) in [7, 11) is 0. The van der Waals surface area contributed by atoms with Crippen LogP contribution in [0.5, 0.6) is 0 Å². The third kappa shape index (κ3) is 8.90. The highest BCUT2D eigenvalue weighted by Crippen LogP contribution is 2.05. The van der Waals surface area contributed by atoms with Gasteiger partial charge in [-0.05, 0) is 33.9 Å². The summed E-state index contributed by atoms with van der Waals surface area (Å²) in [6, 6.07) is 0. The van der Waals surface area contributed by atoms with Crippen molar-refractivity contribution in [1.82, 2.24) is 10.6 Å². The Morgan fingerprint density at radius 1 is 1.36 bits per heavy atom. The summed E-state index contributed by atoms with van der Waals surface area (Å²) >= 11 is 0. The summed E-state index contributed by atoms with van der Waals surface area (Å²) in [5, 5.41) is 5.64. The molecule has 0 aromatic carbocycles. The van der Waals surface area contributed by atoms with Crippen LogP contribution in [-0.4, -0.2) is 24.8 Å². The molecule has 82 valence electrons. The number of hydrogen-bond acceptors (Lipinski definition) is 3. The molecule has 0 heterocycles. The maximum Gasteiger partial charge on any atom is 0.407 e. The first kappa shape index (κ1) is 12.8. The number of amides is 1. The van der Waals surface area contributed by atoms with E-state index in [2.05, 4.69) is 10.6 Å². The molecule has 0 aromatic heterocycles. The molecule has 4 heteroatoms. The number of nitrogens with one attached hydrogen (secondary N) is 2. The Bertz CT molecular complexity index is 195. The lowest BCUT2D eigenvalue weighted by Gasteiger charge is -2.19. The van der Waals surface area contributed by atoms with Crippen LogP contribution in [0.15, 0.2) is 12.3 Å². The first-order chi connectivity index (χ1) is 6.45. The fourth-order valence-corrected chi connectivity index (χ4v) is 0.752. The van der Waals surface area contributed by atoms with Gasteiger partial charge in [0.05, 0.1) is 0 Å². The number of hydrogen-bond donors (Lipinski definition) is 2. The minimum Gasteiger partial charge on any atom is -0.444 e. The van der Waals surface area contributed by atoms with E-state index in [0.717, 1.165) is 0 Å². The smallest absolute Gasteiger partial charge is 0.407 e. The van der Waals surface area contributed by atoms with Gasteiger partial charge in [-0.15, -0.1) is 0 Å². The molecule has 0 rings (SSSR count). The van der Waals surface area contributed by atoms with Gasteiger partial charge in [-0.2, -0.15) is 0 Å². The molecule has 0 bridgehead atoms. The number of rotatable bonds is 4. The average Bonchev–Trinajstić information content (AvgIpc) is 2.00. The van der Waals surface area contributed by atoms with Gasteiger partial charge in [-0.25, -0.2) is 4.79 Å². The molecule has 0 radical (unpaired) electrons. The number of ether oxygens (including phenoxy) is 1. The molecule has 0 saturated heterocycles. The van der Waals surface area contributed by atoms with Gasteiger partial charge in [0.15, 0.2) is 0 Å². The molecule has 4 nitrogen and oxygen atoms in total. The van der Waals surface area contributed by atoms with E-state index >= 15 is 0 Å². The predicted octanol–water partition coefficient (Wildman–Crippen LogP) is 1.63. The Hall–Kier alpha value is -1.19. The van der Waals surface area contributed by atoms with Crippen LogP contribution in [0.25, 0.3) is 0 Å². The van der Waals surface area contributed by atoms with Gasteiger partial charge >= 0.3 is 6.09 Å². The van der Waals surface area contributed by atoms with E-state index in [9.17, 15) is 4.79 Å². The molecule has 0 spiro atoms. The second-order valence-corrected chi connectivity index (χ2v) is 3.88. The number of alkyl carbamates (subject to hydrolysis) is 1. The molecule has 0 saturated carbocycles. The molecule has 0 unspecified atom stereocenters. The van der Waals surface area contributed by atoms with Crippen molar-refractivity contribution in [3.63, 3.8) is 0 Å². The molecule has 0 aliphatic heterocycles. The molecule has 0 aromatic rings. The maximum atomic E-state index is 11.1. The topological polar surface area (TPSA) is 50.4 Å². The number of carbonyl (C=O) groups excluding carboxylic acids is 1. The minimum atomic E-state index is -0.430. The lowest BCUT2D eigenvalue weighted by Crippen LogP contribution is -2.35. The van der Waals surface area contributed by atoms with Crippen LogP contribution in [0.2, 0.25) is 0 Å². The van der Waals surface area contributed by atoms with Crippen LogP contribution in [0.4, 0.5) is 4.79 Å². The van der Waals surface area contributed by atoms with Gasteiger partial charge in [-0.1, -0.05) is 6.08 Å². The Labute approximate surface area is 85.7 Å². The lowest BCUT2D eigenvalue weighted by molar-refractivity contribution is 0.0529. The van der Waals surface area contributed by atoms with E-state index in [0.29, 0.717) is 13.1 Å². The zero-order valence-electron chi connectivity index (χ0n) is 9.39. The van der Waals surface area contributed by atoms with Gasteiger partial charge in [0.25, 0.3) is 0 Å². The van der Waals surface area contributed by atoms with Crippen molar-refractivity contribution < 1.29 is 9.53 Å². The Kier molecular flexibility index (Phi) is 5.76. The van der Waals surface area contributed by atoms with Gasteiger partial charge in [0.1, 0.15) is 5.60 Å². The minimum absolute atomic E-state index is 0.375. The van der Waals surface area contributed by atoms with Crippen molar-refractivity contribution in [2.75, 3.05) is 13.1 Å². The van der Waals surface area contributed by atoms with Crippen molar-refractivity contribution >= 4 is 6.09 Å². The van der Waals surface area contributed by atoms with E-state index in [1.807, 2.05) is 40.0 Å². The highest BCUT2D eigenvalue weighted by atomic mass is 16.6. The van der Waals surface area contributed by atoms with Crippen molar-refractivity contribution in [3.05, 3.63) is 12.3 Å². The van der Waals surface area contributed by atoms with Gasteiger partial charge < -0.3 is 15.4 Å². The molecule has 2 N–H and O–H groups in total. The fourth-order valence-electron chi connectivity index (χ4n) is 0.752. The third-order valence-electron chi connectivity index (χ3n) is 1.22. The van der Waals surface area contributed by atoms with Crippen molar-refractivity contribution in [1.29, 1.82) is 0 Å². The monoisotopic (exact) mass is 200 g/mol. The van der Waals surface area contributed by atoms with E-state index in [1.165, 1.54) is 0 Å².